The Kier molecular flexibility index (Phi) is 4.31. The molecule has 1 fully saturated rings. The normalized spacial score (nSPS) is 19.2. The van der Waals surface area contributed by atoms with E-state index in [2.05, 4.69) is 10.4 Å². The molecular formula is C16H19N3O4S. The smallest absolute Gasteiger partial charge is 0.259 e. The van der Waals surface area contributed by atoms with Gasteiger partial charge in [0.25, 0.3) is 5.91 Å². The van der Waals surface area contributed by atoms with E-state index < -0.39 is 9.84 Å². The van der Waals surface area contributed by atoms with Gasteiger partial charge in [-0.25, -0.2) is 8.42 Å². The summed E-state index contributed by atoms with van der Waals surface area (Å²) in [7, 11) is -1.44. The van der Waals surface area contributed by atoms with Gasteiger partial charge in [0.15, 0.2) is 9.84 Å². The molecule has 1 amide bonds. The van der Waals surface area contributed by atoms with Crippen molar-refractivity contribution < 1.29 is 17.9 Å². The van der Waals surface area contributed by atoms with E-state index in [1.165, 1.54) is 6.20 Å². The van der Waals surface area contributed by atoms with Gasteiger partial charge < -0.3 is 10.1 Å². The van der Waals surface area contributed by atoms with Gasteiger partial charge in [-0.15, -0.1) is 0 Å². The maximum absolute atomic E-state index is 12.5. The highest BCUT2D eigenvalue weighted by Gasteiger charge is 2.31. The molecule has 1 atom stereocenters. The third-order valence-electron chi connectivity index (χ3n) is 4.17. The van der Waals surface area contributed by atoms with Crippen LogP contribution in [0.4, 0.5) is 5.69 Å². The van der Waals surface area contributed by atoms with Gasteiger partial charge in [-0.05, 0) is 25.5 Å². The number of nitrogens with one attached hydrogen (secondary N) is 1. The number of ether oxygens (including phenoxy) is 1. The predicted molar refractivity (Wildman–Crippen MR) is 90.2 cm³/mol. The Hall–Kier alpha value is -2.35. The van der Waals surface area contributed by atoms with E-state index >= 15 is 0 Å². The summed E-state index contributed by atoms with van der Waals surface area (Å²) in [4.78, 5) is 12.5. The summed E-state index contributed by atoms with van der Waals surface area (Å²) in [6.45, 7) is 1.78. The van der Waals surface area contributed by atoms with E-state index in [1.807, 2.05) is 0 Å². The van der Waals surface area contributed by atoms with Gasteiger partial charge in [-0.2, -0.15) is 5.10 Å². The quantitative estimate of drug-likeness (QED) is 0.909. The first kappa shape index (κ1) is 16.5. The third kappa shape index (κ3) is 3.28. The highest BCUT2D eigenvalue weighted by atomic mass is 32.2. The lowest BCUT2D eigenvalue weighted by Crippen LogP contribution is -2.16. The number of anilines is 1. The second-order valence-corrected chi connectivity index (χ2v) is 8.06. The minimum Gasteiger partial charge on any atom is -0.497 e. The molecule has 24 heavy (non-hydrogen) atoms. The molecule has 1 aliphatic heterocycles. The number of methoxy groups -OCH3 is 1. The molecule has 1 aromatic carbocycles. The SMILES string of the molecule is COc1cccc(NC(=O)c2cnn(C3CCS(=O)(=O)C3)c2C)c1. The van der Waals surface area contributed by atoms with Crippen molar-refractivity contribution in [2.45, 2.75) is 19.4 Å². The zero-order valence-corrected chi connectivity index (χ0v) is 14.3. The van der Waals surface area contributed by atoms with Gasteiger partial charge >= 0.3 is 0 Å². The zero-order chi connectivity index (χ0) is 17.3. The Morgan fingerprint density at radius 2 is 2.21 bits per heavy atom. The number of carbonyl (C=O) groups excluding carboxylic acids is 1. The Labute approximate surface area is 140 Å². The van der Waals surface area contributed by atoms with E-state index in [1.54, 1.807) is 43.0 Å². The molecule has 0 saturated carbocycles. The molecule has 1 saturated heterocycles. The minimum absolute atomic E-state index is 0.0759. The fraction of sp³-hybridized carbons (Fsp3) is 0.375. The molecule has 8 heteroatoms. The van der Waals surface area contributed by atoms with Crippen molar-refractivity contribution in [1.29, 1.82) is 0 Å². The number of nitrogens with zero attached hydrogens (tertiary/aromatic N) is 2. The Morgan fingerprint density at radius 3 is 2.88 bits per heavy atom. The Morgan fingerprint density at radius 1 is 1.42 bits per heavy atom. The molecule has 1 aromatic heterocycles. The molecule has 3 rings (SSSR count). The van der Waals surface area contributed by atoms with Crippen molar-refractivity contribution in [2.24, 2.45) is 0 Å². The van der Waals surface area contributed by atoms with Crippen LogP contribution >= 0.6 is 0 Å². The fourth-order valence-electron chi connectivity index (χ4n) is 2.88. The summed E-state index contributed by atoms with van der Waals surface area (Å²) in [5.41, 5.74) is 1.72. The first-order chi connectivity index (χ1) is 11.4. The molecule has 0 bridgehead atoms. The maximum Gasteiger partial charge on any atom is 0.259 e. The Balaban J connectivity index is 1.79. The third-order valence-corrected chi connectivity index (χ3v) is 5.92. The molecule has 1 unspecified atom stereocenters. The van der Waals surface area contributed by atoms with Crippen LogP contribution in [0, 0.1) is 6.92 Å². The highest BCUT2D eigenvalue weighted by molar-refractivity contribution is 7.91. The molecule has 0 spiro atoms. The summed E-state index contributed by atoms with van der Waals surface area (Å²) >= 11 is 0. The summed E-state index contributed by atoms with van der Waals surface area (Å²) in [5.74, 6) is 0.610. The number of aromatic nitrogens is 2. The van der Waals surface area contributed by atoms with Crippen LogP contribution in [-0.2, 0) is 9.84 Å². The lowest BCUT2D eigenvalue weighted by atomic mass is 10.2. The van der Waals surface area contributed by atoms with Crippen LogP contribution in [0.2, 0.25) is 0 Å². The average Bonchev–Trinajstić information content (AvgIpc) is 3.09. The van der Waals surface area contributed by atoms with Crippen LogP contribution in [0.5, 0.6) is 5.75 Å². The molecular weight excluding hydrogens is 330 g/mol. The standard InChI is InChI=1S/C16H19N3O4S/c1-11-15(9-17-19(11)13-6-7-24(21,22)10-13)16(20)18-12-4-3-5-14(8-12)23-2/h3-5,8-9,13H,6-7,10H2,1-2H3,(H,18,20). The van der Waals surface area contributed by atoms with Crippen LogP contribution in [0.1, 0.15) is 28.5 Å². The number of hydrogen-bond acceptors (Lipinski definition) is 5. The summed E-state index contributed by atoms with van der Waals surface area (Å²) in [6.07, 6.45) is 2.01. The fourth-order valence-corrected chi connectivity index (χ4v) is 4.57. The van der Waals surface area contributed by atoms with Crippen LogP contribution in [-0.4, -0.2) is 42.7 Å². The topological polar surface area (TPSA) is 90.3 Å². The summed E-state index contributed by atoms with van der Waals surface area (Å²) in [5, 5.41) is 7.03. The number of sulfone groups is 1. The first-order valence-corrected chi connectivity index (χ1v) is 9.42. The first-order valence-electron chi connectivity index (χ1n) is 7.59. The van der Waals surface area contributed by atoms with Crippen LogP contribution < -0.4 is 10.1 Å². The van der Waals surface area contributed by atoms with Crippen molar-refractivity contribution >= 4 is 21.4 Å². The highest BCUT2D eigenvalue weighted by Crippen LogP contribution is 2.26. The van der Waals surface area contributed by atoms with Crippen LogP contribution in [0.3, 0.4) is 0 Å². The second-order valence-electron chi connectivity index (χ2n) is 5.83. The molecule has 2 aromatic rings. The molecule has 1 N–H and O–H groups in total. The van der Waals surface area contributed by atoms with Crippen molar-refractivity contribution in [3.05, 3.63) is 41.7 Å². The summed E-state index contributed by atoms with van der Waals surface area (Å²) in [6, 6.07) is 6.87. The number of rotatable bonds is 4. The zero-order valence-electron chi connectivity index (χ0n) is 13.5. The van der Waals surface area contributed by atoms with Gasteiger partial charge in [0.1, 0.15) is 5.75 Å². The molecule has 7 nitrogen and oxygen atoms in total. The van der Waals surface area contributed by atoms with E-state index in [9.17, 15) is 13.2 Å². The molecule has 2 heterocycles. The minimum atomic E-state index is -3.00. The van der Waals surface area contributed by atoms with E-state index in [4.69, 9.17) is 4.74 Å². The van der Waals surface area contributed by atoms with E-state index in [-0.39, 0.29) is 23.5 Å². The van der Waals surface area contributed by atoms with Crippen molar-refractivity contribution in [3.63, 3.8) is 0 Å². The Bertz CT molecular complexity index is 873. The number of carbonyl (C=O) groups is 1. The van der Waals surface area contributed by atoms with Gasteiger partial charge in [0, 0.05) is 17.4 Å². The van der Waals surface area contributed by atoms with Gasteiger partial charge in [-0.1, -0.05) is 6.07 Å². The predicted octanol–water partition coefficient (Wildman–Crippen LogP) is 1.81. The second kappa shape index (κ2) is 6.27. The molecule has 0 radical (unpaired) electrons. The monoisotopic (exact) mass is 349 g/mol. The average molecular weight is 349 g/mol. The van der Waals surface area contributed by atoms with Gasteiger partial charge in [0.2, 0.25) is 0 Å². The molecule has 0 aliphatic carbocycles. The largest absolute Gasteiger partial charge is 0.497 e. The van der Waals surface area contributed by atoms with E-state index in [0.29, 0.717) is 29.1 Å². The number of hydrogen-bond donors (Lipinski definition) is 1. The number of amides is 1. The lowest BCUT2D eigenvalue weighted by molar-refractivity contribution is 0.102. The number of benzene rings is 1. The molecule has 128 valence electrons. The summed E-state index contributed by atoms with van der Waals surface area (Å²) < 4.78 is 30.0. The maximum atomic E-state index is 12.5. The van der Waals surface area contributed by atoms with Crippen LogP contribution in [0.15, 0.2) is 30.5 Å². The van der Waals surface area contributed by atoms with Gasteiger partial charge in [-0.3, -0.25) is 9.48 Å². The van der Waals surface area contributed by atoms with E-state index in [0.717, 1.165) is 0 Å². The van der Waals surface area contributed by atoms with Crippen LogP contribution in [0.25, 0.3) is 0 Å². The van der Waals surface area contributed by atoms with Crippen molar-refractivity contribution in [2.75, 3.05) is 23.9 Å². The molecule has 1 aliphatic rings. The van der Waals surface area contributed by atoms with Crippen molar-refractivity contribution in [1.82, 2.24) is 9.78 Å². The van der Waals surface area contributed by atoms with Crippen molar-refractivity contribution in [3.8, 4) is 5.75 Å². The lowest BCUT2D eigenvalue weighted by Gasteiger charge is -2.11. The van der Waals surface area contributed by atoms with Gasteiger partial charge in [0.05, 0.1) is 36.4 Å².